The van der Waals surface area contributed by atoms with Gasteiger partial charge in [0.05, 0.1) is 18.5 Å². The van der Waals surface area contributed by atoms with Gasteiger partial charge in [-0.25, -0.2) is 0 Å². The molecule has 0 aliphatic rings. The third kappa shape index (κ3) is 6.34. The summed E-state index contributed by atoms with van der Waals surface area (Å²) in [5.41, 5.74) is 2.67. The first kappa shape index (κ1) is 17.4. The number of allylic oxidation sites excluding steroid dienone is 2. The van der Waals surface area contributed by atoms with Gasteiger partial charge in [-0.05, 0) is 33.1 Å². The molecule has 0 heterocycles. The van der Waals surface area contributed by atoms with Crippen molar-refractivity contribution >= 4 is 7.60 Å². The Labute approximate surface area is 110 Å². The van der Waals surface area contributed by atoms with Crippen LogP contribution in [0.3, 0.4) is 0 Å². The summed E-state index contributed by atoms with van der Waals surface area (Å²) < 4.78 is 22.9. The number of rotatable bonds is 10. The smallest absolute Gasteiger partial charge is 0.364 e. The van der Waals surface area contributed by atoms with Crippen LogP contribution in [-0.2, 0) is 13.6 Å². The maximum Gasteiger partial charge on any atom is 0.364 e. The summed E-state index contributed by atoms with van der Waals surface area (Å²) in [6.07, 6.45) is 5.66. The van der Waals surface area contributed by atoms with Crippen molar-refractivity contribution in [2.45, 2.75) is 33.1 Å². The Hall–Kier alpha value is -0.630. The van der Waals surface area contributed by atoms with Crippen molar-refractivity contribution in [1.29, 1.82) is 0 Å². The van der Waals surface area contributed by atoms with Crippen LogP contribution in [0.4, 0.5) is 0 Å². The number of aliphatic hydroxyl groups is 1. The monoisotopic (exact) mass is 274 g/mol. The highest BCUT2D eigenvalue weighted by Crippen LogP contribution is 2.57. The summed E-state index contributed by atoms with van der Waals surface area (Å²) in [4.78, 5) is 0. The standard InChI is InChI=1S/C13H23O4P/c1-4-13(11-9-7-8-10-12-14)18(15,16-5-2)17-6-3/h7-8,14H,1,5-6,9-12H2,2-3H3/b8-7-. The van der Waals surface area contributed by atoms with Gasteiger partial charge in [0.2, 0.25) is 0 Å². The molecule has 0 bridgehead atoms. The van der Waals surface area contributed by atoms with Crippen molar-refractivity contribution in [2.24, 2.45) is 0 Å². The summed E-state index contributed by atoms with van der Waals surface area (Å²) >= 11 is 0. The van der Waals surface area contributed by atoms with Crippen LogP contribution in [0.5, 0.6) is 0 Å². The highest BCUT2D eigenvalue weighted by molar-refractivity contribution is 7.58. The lowest BCUT2D eigenvalue weighted by Gasteiger charge is -2.18. The van der Waals surface area contributed by atoms with Crippen molar-refractivity contribution in [3.63, 3.8) is 0 Å². The molecule has 0 saturated heterocycles. The molecule has 0 rings (SSSR count). The zero-order valence-corrected chi connectivity index (χ0v) is 12.1. The van der Waals surface area contributed by atoms with E-state index in [1.807, 2.05) is 12.2 Å². The van der Waals surface area contributed by atoms with Crippen LogP contribution in [0.2, 0.25) is 0 Å². The average Bonchev–Trinajstić information content (AvgIpc) is 2.34. The lowest BCUT2D eigenvalue weighted by atomic mass is 10.2. The molecule has 104 valence electrons. The van der Waals surface area contributed by atoms with Crippen LogP contribution in [0.1, 0.15) is 33.1 Å². The fraction of sp³-hybridized carbons (Fsp3) is 0.615. The summed E-state index contributed by atoms with van der Waals surface area (Å²) in [5, 5.41) is 9.11. The fourth-order valence-corrected chi connectivity index (χ4v) is 3.05. The third-order valence-corrected chi connectivity index (χ3v) is 4.38. The minimum atomic E-state index is -3.23. The van der Waals surface area contributed by atoms with Gasteiger partial charge in [0.25, 0.3) is 0 Å². The Morgan fingerprint density at radius 1 is 1.28 bits per heavy atom. The van der Waals surface area contributed by atoms with E-state index in [9.17, 15) is 4.57 Å². The van der Waals surface area contributed by atoms with Crippen molar-refractivity contribution in [2.75, 3.05) is 19.8 Å². The quantitative estimate of drug-likeness (QED) is 0.375. The van der Waals surface area contributed by atoms with E-state index in [4.69, 9.17) is 14.2 Å². The first-order chi connectivity index (χ1) is 8.64. The van der Waals surface area contributed by atoms with Gasteiger partial charge >= 0.3 is 7.60 Å². The Bertz CT molecular complexity index is 333. The molecule has 0 saturated carbocycles. The largest absolute Gasteiger partial charge is 0.396 e. The van der Waals surface area contributed by atoms with Gasteiger partial charge in [0.1, 0.15) is 0 Å². The van der Waals surface area contributed by atoms with Gasteiger partial charge in [-0.15, -0.1) is 5.73 Å². The van der Waals surface area contributed by atoms with Crippen molar-refractivity contribution in [1.82, 2.24) is 0 Å². The van der Waals surface area contributed by atoms with Gasteiger partial charge in [0, 0.05) is 6.61 Å². The maximum absolute atomic E-state index is 12.4. The zero-order valence-electron chi connectivity index (χ0n) is 11.2. The molecular formula is C13H23O4P. The number of aliphatic hydroxyl groups excluding tert-OH is 1. The maximum atomic E-state index is 12.4. The minimum Gasteiger partial charge on any atom is -0.396 e. The molecule has 0 aliphatic carbocycles. The second-order valence-electron chi connectivity index (χ2n) is 3.48. The summed E-state index contributed by atoms with van der Waals surface area (Å²) in [6.45, 7) is 7.87. The van der Waals surface area contributed by atoms with Crippen LogP contribution < -0.4 is 0 Å². The van der Waals surface area contributed by atoms with Crippen LogP contribution in [-0.4, -0.2) is 24.9 Å². The number of hydrogen-bond donors (Lipinski definition) is 1. The van der Waals surface area contributed by atoms with Crippen LogP contribution in [0.25, 0.3) is 0 Å². The normalized spacial score (nSPS) is 11.7. The van der Waals surface area contributed by atoms with Crippen molar-refractivity contribution < 1.29 is 18.7 Å². The first-order valence-electron chi connectivity index (χ1n) is 6.19. The molecule has 0 aromatic heterocycles. The number of hydrogen-bond acceptors (Lipinski definition) is 4. The van der Waals surface area contributed by atoms with E-state index in [0.29, 0.717) is 37.8 Å². The SMILES string of the molecule is C=C=C(CC/C=C\CCO)P(=O)(OCC)OCC. The Kier molecular flexibility index (Phi) is 9.95. The Balaban J connectivity index is 4.54. The molecule has 0 atom stereocenters. The minimum absolute atomic E-state index is 0.136. The molecule has 18 heavy (non-hydrogen) atoms. The summed E-state index contributed by atoms with van der Waals surface area (Å²) in [7, 11) is -3.23. The molecule has 0 unspecified atom stereocenters. The summed E-state index contributed by atoms with van der Waals surface area (Å²) in [5.74, 6) is 0. The van der Waals surface area contributed by atoms with Gasteiger partial charge in [-0.1, -0.05) is 18.7 Å². The van der Waals surface area contributed by atoms with E-state index in [0.717, 1.165) is 0 Å². The molecule has 5 heteroatoms. The zero-order chi connectivity index (χ0) is 13.9. The molecule has 0 radical (unpaired) electrons. The van der Waals surface area contributed by atoms with Gasteiger partial charge in [0.15, 0.2) is 0 Å². The second kappa shape index (κ2) is 10.3. The predicted octanol–water partition coefficient (Wildman–Crippen LogP) is 3.64. The van der Waals surface area contributed by atoms with Gasteiger partial charge in [-0.2, -0.15) is 0 Å². The summed E-state index contributed by atoms with van der Waals surface area (Å²) in [6, 6.07) is 0. The molecule has 0 aromatic rings. The van der Waals surface area contributed by atoms with E-state index in [1.165, 1.54) is 0 Å². The molecule has 0 amide bonds. The third-order valence-electron chi connectivity index (χ3n) is 2.14. The molecule has 0 fully saturated rings. The molecule has 4 nitrogen and oxygen atoms in total. The fourth-order valence-electron chi connectivity index (χ4n) is 1.39. The topological polar surface area (TPSA) is 55.8 Å². The van der Waals surface area contributed by atoms with E-state index in [1.54, 1.807) is 13.8 Å². The highest BCUT2D eigenvalue weighted by atomic mass is 31.2. The second-order valence-corrected chi connectivity index (χ2v) is 5.53. The van der Waals surface area contributed by atoms with E-state index in [2.05, 4.69) is 12.3 Å². The predicted molar refractivity (Wildman–Crippen MR) is 73.6 cm³/mol. The molecule has 0 spiro atoms. The van der Waals surface area contributed by atoms with E-state index in [-0.39, 0.29) is 6.61 Å². The average molecular weight is 274 g/mol. The molecule has 0 aliphatic heterocycles. The van der Waals surface area contributed by atoms with Gasteiger partial charge < -0.3 is 14.2 Å². The van der Waals surface area contributed by atoms with Crippen molar-refractivity contribution in [3.8, 4) is 0 Å². The molecular weight excluding hydrogens is 251 g/mol. The van der Waals surface area contributed by atoms with Crippen LogP contribution in [0, 0.1) is 0 Å². The van der Waals surface area contributed by atoms with Crippen molar-refractivity contribution in [3.05, 3.63) is 29.8 Å². The Morgan fingerprint density at radius 2 is 1.83 bits per heavy atom. The van der Waals surface area contributed by atoms with E-state index < -0.39 is 7.60 Å². The van der Waals surface area contributed by atoms with Crippen LogP contribution in [0.15, 0.2) is 29.8 Å². The lowest BCUT2D eigenvalue weighted by molar-refractivity contribution is 0.225. The molecule has 1 N–H and O–H groups in total. The van der Waals surface area contributed by atoms with E-state index >= 15 is 0 Å². The highest BCUT2D eigenvalue weighted by Gasteiger charge is 2.28. The Morgan fingerprint density at radius 3 is 2.28 bits per heavy atom. The first-order valence-corrected chi connectivity index (χ1v) is 7.73. The van der Waals surface area contributed by atoms with Gasteiger partial charge in [-0.3, -0.25) is 4.57 Å². The molecule has 0 aromatic carbocycles. The van der Waals surface area contributed by atoms with Crippen LogP contribution >= 0.6 is 7.60 Å². The lowest BCUT2D eigenvalue weighted by Crippen LogP contribution is -1.98.